The standard InChI is InChI=1S/C24H29N3O2/c1-29-22-14-8-5-11-19(22)24(28)25-17-23-26-20-12-6-7-13-21(20)27(23)16-15-18-9-3-2-4-10-18/h5-8,11-14,18H,2-4,9-10,15-17H2,1H3,(H,25,28). The first-order valence-corrected chi connectivity index (χ1v) is 10.6. The van der Waals surface area contributed by atoms with Gasteiger partial charge in [0.2, 0.25) is 0 Å². The molecule has 5 nitrogen and oxygen atoms in total. The number of para-hydroxylation sites is 3. The number of nitrogens with zero attached hydrogens (tertiary/aromatic N) is 2. The summed E-state index contributed by atoms with van der Waals surface area (Å²) in [6.45, 7) is 1.35. The van der Waals surface area contributed by atoms with Crippen molar-refractivity contribution in [2.45, 2.75) is 51.6 Å². The summed E-state index contributed by atoms with van der Waals surface area (Å²) in [6.07, 6.45) is 7.95. The largest absolute Gasteiger partial charge is 0.496 e. The molecule has 0 bridgehead atoms. The number of hydrogen-bond donors (Lipinski definition) is 1. The number of carbonyl (C=O) groups excluding carboxylic acids is 1. The molecule has 1 saturated carbocycles. The molecule has 0 saturated heterocycles. The lowest BCUT2D eigenvalue weighted by atomic mass is 9.87. The summed E-state index contributed by atoms with van der Waals surface area (Å²) in [5.41, 5.74) is 2.67. The van der Waals surface area contributed by atoms with Crippen molar-refractivity contribution in [3.8, 4) is 5.75 Å². The van der Waals surface area contributed by atoms with Crippen LogP contribution in [0.5, 0.6) is 5.75 Å². The molecule has 0 radical (unpaired) electrons. The summed E-state index contributed by atoms with van der Waals surface area (Å²) in [5.74, 6) is 2.15. The van der Waals surface area contributed by atoms with E-state index in [4.69, 9.17) is 9.72 Å². The maximum absolute atomic E-state index is 12.7. The third kappa shape index (κ3) is 4.44. The minimum Gasteiger partial charge on any atom is -0.496 e. The molecule has 0 aliphatic heterocycles. The van der Waals surface area contributed by atoms with E-state index in [1.165, 1.54) is 38.5 Å². The zero-order valence-electron chi connectivity index (χ0n) is 17.1. The van der Waals surface area contributed by atoms with Gasteiger partial charge >= 0.3 is 0 Å². The molecule has 4 rings (SSSR count). The molecule has 1 heterocycles. The summed E-state index contributed by atoms with van der Waals surface area (Å²) < 4.78 is 7.60. The Morgan fingerprint density at radius 1 is 1.10 bits per heavy atom. The maximum atomic E-state index is 12.7. The first-order chi connectivity index (χ1) is 14.3. The molecule has 1 amide bonds. The molecule has 1 aliphatic carbocycles. The predicted molar refractivity (Wildman–Crippen MR) is 115 cm³/mol. The van der Waals surface area contributed by atoms with E-state index in [1.807, 2.05) is 24.3 Å². The minimum absolute atomic E-state index is 0.145. The number of hydrogen-bond acceptors (Lipinski definition) is 3. The van der Waals surface area contributed by atoms with Crippen LogP contribution >= 0.6 is 0 Å². The average molecular weight is 392 g/mol. The van der Waals surface area contributed by atoms with E-state index in [0.717, 1.165) is 29.3 Å². The number of ether oxygens (including phenoxy) is 1. The lowest BCUT2D eigenvalue weighted by Crippen LogP contribution is -2.25. The maximum Gasteiger partial charge on any atom is 0.255 e. The van der Waals surface area contributed by atoms with E-state index in [1.54, 1.807) is 19.2 Å². The van der Waals surface area contributed by atoms with Crippen LogP contribution < -0.4 is 10.1 Å². The zero-order valence-corrected chi connectivity index (χ0v) is 17.1. The Morgan fingerprint density at radius 3 is 2.69 bits per heavy atom. The van der Waals surface area contributed by atoms with Gasteiger partial charge in [-0.15, -0.1) is 0 Å². The fourth-order valence-electron chi connectivity index (χ4n) is 4.38. The molecule has 1 fully saturated rings. The van der Waals surface area contributed by atoms with Crippen LogP contribution in [0.3, 0.4) is 0 Å². The molecule has 1 N–H and O–H groups in total. The first kappa shape index (κ1) is 19.5. The summed E-state index contributed by atoms with van der Waals surface area (Å²) in [5, 5.41) is 3.03. The highest BCUT2D eigenvalue weighted by Crippen LogP contribution is 2.28. The van der Waals surface area contributed by atoms with Gasteiger partial charge in [-0.2, -0.15) is 0 Å². The van der Waals surface area contributed by atoms with Crippen LogP contribution in [0.1, 0.15) is 54.7 Å². The normalized spacial score (nSPS) is 14.8. The van der Waals surface area contributed by atoms with Crippen molar-refractivity contribution in [2.75, 3.05) is 7.11 Å². The van der Waals surface area contributed by atoms with Crippen molar-refractivity contribution in [3.63, 3.8) is 0 Å². The molecule has 0 atom stereocenters. The van der Waals surface area contributed by atoms with Crippen LogP contribution in [0.25, 0.3) is 11.0 Å². The van der Waals surface area contributed by atoms with Gasteiger partial charge < -0.3 is 14.6 Å². The number of methoxy groups -OCH3 is 1. The molecular formula is C24H29N3O2. The topological polar surface area (TPSA) is 56.1 Å². The first-order valence-electron chi connectivity index (χ1n) is 10.6. The molecule has 29 heavy (non-hydrogen) atoms. The Hall–Kier alpha value is -2.82. The minimum atomic E-state index is -0.145. The quantitative estimate of drug-likeness (QED) is 0.620. The number of carbonyl (C=O) groups is 1. The number of aromatic nitrogens is 2. The molecule has 3 aromatic rings. The van der Waals surface area contributed by atoms with Crippen molar-refractivity contribution in [1.82, 2.24) is 14.9 Å². The third-order valence-corrected chi connectivity index (χ3v) is 5.98. The van der Waals surface area contributed by atoms with Crippen molar-refractivity contribution in [3.05, 3.63) is 59.9 Å². The fraction of sp³-hybridized carbons (Fsp3) is 0.417. The van der Waals surface area contributed by atoms with E-state index in [-0.39, 0.29) is 5.91 Å². The van der Waals surface area contributed by atoms with Crippen LogP contribution in [-0.4, -0.2) is 22.6 Å². The molecule has 5 heteroatoms. The summed E-state index contributed by atoms with van der Waals surface area (Å²) in [4.78, 5) is 17.5. The van der Waals surface area contributed by atoms with Gasteiger partial charge in [-0.1, -0.05) is 56.4 Å². The summed E-state index contributed by atoms with van der Waals surface area (Å²) >= 11 is 0. The number of amides is 1. The highest BCUT2D eigenvalue weighted by atomic mass is 16.5. The number of imidazole rings is 1. The SMILES string of the molecule is COc1ccccc1C(=O)NCc1nc2ccccc2n1CCC1CCCCC1. The zero-order chi connectivity index (χ0) is 20.1. The summed E-state index contributed by atoms with van der Waals surface area (Å²) in [6, 6.07) is 15.5. The van der Waals surface area contributed by atoms with Crippen LogP contribution in [0.4, 0.5) is 0 Å². The van der Waals surface area contributed by atoms with Gasteiger partial charge in [-0.3, -0.25) is 4.79 Å². The van der Waals surface area contributed by atoms with Gasteiger partial charge in [0, 0.05) is 6.54 Å². The second kappa shape index (κ2) is 9.12. The third-order valence-electron chi connectivity index (χ3n) is 5.98. The van der Waals surface area contributed by atoms with E-state index < -0.39 is 0 Å². The molecule has 1 aromatic heterocycles. The Labute approximate surface area is 172 Å². The highest BCUT2D eigenvalue weighted by molar-refractivity contribution is 5.96. The molecular weight excluding hydrogens is 362 g/mol. The van der Waals surface area contributed by atoms with Crippen molar-refractivity contribution >= 4 is 16.9 Å². The van der Waals surface area contributed by atoms with Crippen molar-refractivity contribution in [2.24, 2.45) is 5.92 Å². The number of aryl methyl sites for hydroxylation is 1. The van der Waals surface area contributed by atoms with Gasteiger partial charge in [0.25, 0.3) is 5.91 Å². The van der Waals surface area contributed by atoms with E-state index in [0.29, 0.717) is 17.9 Å². The van der Waals surface area contributed by atoms with Crippen molar-refractivity contribution in [1.29, 1.82) is 0 Å². The van der Waals surface area contributed by atoms with Gasteiger partial charge in [0.1, 0.15) is 11.6 Å². The number of benzene rings is 2. The average Bonchev–Trinajstić information content (AvgIpc) is 3.14. The van der Waals surface area contributed by atoms with Gasteiger partial charge in [0.05, 0.1) is 30.3 Å². The Bertz CT molecular complexity index is 973. The summed E-state index contributed by atoms with van der Waals surface area (Å²) in [7, 11) is 1.58. The second-order valence-electron chi connectivity index (χ2n) is 7.84. The molecule has 0 unspecified atom stereocenters. The van der Waals surface area contributed by atoms with Gasteiger partial charge in [-0.25, -0.2) is 4.98 Å². The van der Waals surface area contributed by atoms with Gasteiger partial charge in [-0.05, 0) is 36.6 Å². The second-order valence-corrected chi connectivity index (χ2v) is 7.84. The number of rotatable bonds is 7. The fourth-order valence-corrected chi connectivity index (χ4v) is 4.38. The van der Waals surface area contributed by atoms with E-state index in [9.17, 15) is 4.79 Å². The molecule has 2 aromatic carbocycles. The van der Waals surface area contributed by atoms with E-state index >= 15 is 0 Å². The van der Waals surface area contributed by atoms with Crippen LogP contribution in [-0.2, 0) is 13.1 Å². The Kier molecular flexibility index (Phi) is 6.13. The number of nitrogens with one attached hydrogen (secondary N) is 1. The lowest BCUT2D eigenvalue weighted by molar-refractivity contribution is 0.0946. The highest BCUT2D eigenvalue weighted by Gasteiger charge is 2.17. The van der Waals surface area contributed by atoms with Gasteiger partial charge in [0.15, 0.2) is 0 Å². The predicted octanol–water partition coefficient (Wildman–Crippen LogP) is 4.95. The number of fused-ring (bicyclic) bond motifs is 1. The van der Waals surface area contributed by atoms with Crippen molar-refractivity contribution < 1.29 is 9.53 Å². The Morgan fingerprint density at radius 2 is 1.86 bits per heavy atom. The monoisotopic (exact) mass is 391 g/mol. The van der Waals surface area contributed by atoms with Crippen LogP contribution in [0, 0.1) is 5.92 Å². The van der Waals surface area contributed by atoms with E-state index in [2.05, 4.69) is 22.0 Å². The molecule has 152 valence electrons. The van der Waals surface area contributed by atoms with Crippen LogP contribution in [0.15, 0.2) is 48.5 Å². The smallest absolute Gasteiger partial charge is 0.255 e. The molecule has 1 aliphatic rings. The van der Waals surface area contributed by atoms with Crippen LogP contribution in [0.2, 0.25) is 0 Å². The lowest BCUT2D eigenvalue weighted by Gasteiger charge is -2.22. The molecule has 0 spiro atoms. The Balaban J connectivity index is 1.51.